The molecule has 2 nitrogen and oxygen atoms in total. The van der Waals surface area contributed by atoms with Gasteiger partial charge in [-0.3, -0.25) is 0 Å². The molecule has 0 saturated heterocycles. The molecule has 76 valence electrons. The van der Waals surface area contributed by atoms with Crippen LogP contribution in [0.3, 0.4) is 0 Å². The molecule has 0 spiro atoms. The van der Waals surface area contributed by atoms with Gasteiger partial charge in [-0.05, 0) is 13.8 Å². The Morgan fingerprint density at radius 1 is 1.46 bits per heavy atom. The summed E-state index contributed by atoms with van der Waals surface area (Å²) in [7, 11) is 0. The van der Waals surface area contributed by atoms with Crippen LogP contribution in [0.1, 0.15) is 20.3 Å². The largest absolute Gasteiger partial charge is 0.463 e. The molecule has 0 atom stereocenters. The first kappa shape index (κ1) is 12.0. The highest BCUT2D eigenvalue weighted by Crippen LogP contribution is 2.23. The summed E-state index contributed by atoms with van der Waals surface area (Å²) in [5, 5.41) is 0. The van der Waals surface area contributed by atoms with Crippen LogP contribution in [0.15, 0.2) is 11.6 Å². The molecular formula is C8H11F3O2. The molecule has 13 heavy (non-hydrogen) atoms. The van der Waals surface area contributed by atoms with Gasteiger partial charge in [-0.2, -0.15) is 13.2 Å². The number of hydrogen-bond acceptors (Lipinski definition) is 2. The molecule has 0 bridgehead atoms. The molecule has 5 heteroatoms. The van der Waals surface area contributed by atoms with Crippen molar-refractivity contribution in [3.05, 3.63) is 11.6 Å². The van der Waals surface area contributed by atoms with Crippen LogP contribution >= 0.6 is 0 Å². The van der Waals surface area contributed by atoms with Crippen LogP contribution in [0.4, 0.5) is 13.2 Å². The SMILES string of the molecule is CCOC(=O)/C=C(\C)CC(F)(F)F. The quantitative estimate of drug-likeness (QED) is 0.512. The van der Waals surface area contributed by atoms with Crippen LogP contribution < -0.4 is 0 Å². The van der Waals surface area contributed by atoms with E-state index in [1.54, 1.807) is 6.92 Å². The Morgan fingerprint density at radius 2 is 2.00 bits per heavy atom. The minimum atomic E-state index is -4.27. The average molecular weight is 196 g/mol. The number of halogens is 3. The molecule has 0 N–H and O–H groups in total. The van der Waals surface area contributed by atoms with Crippen molar-refractivity contribution in [2.75, 3.05) is 6.61 Å². The van der Waals surface area contributed by atoms with Crippen molar-refractivity contribution in [1.82, 2.24) is 0 Å². The molecule has 0 amide bonds. The third-order valence-corrected chi connectivity index (χ3v) is 1.13. The van der Waals surface area contributed by atoms with E-state index in [1.165, 1.54) is 6.92 Å². The Balaban J connectivity index is 4.09. The van der Waals surface area contributed by atoms with E-state index in [4.69, 9.17) is 0 Å². The van der Waals surface area contributed by atoms with Gasteiger partial charge in [0.25, 0.3) is 0 Å². The molecule has 0 heterocycles. The number of allylic oxidation sites excluding steroid dienone is 1. The van der Waals surface area contributed by atoms with E-state index in [0.717, 1.165) is 6.08 Å². The first-order valence-electron chi connectivity index (χ1n) is 3.76. The van der Waals surface area contributed by atoms with Crippen molar-refractivity contribution in [3.8, 4) is 0 Å². The molecule has 0 aliphatic rings. The van der Waals surface area contributed by atoms with Crippen LogP contribution in [-0.4, -0.2) is 18.8 Å². The summed E-state index contributed by atoms with van der Waals surface area (Å²) in [6, 6.07) is 0. The number of esters is 1. The number of alkyl halides is 3. The van der Waals surface area contributed by atoms with Gasteiger partial charge in [0.2, 0.25) is 0 Å². The number of carbonyl (C=O) groups excluding carboxylic acids is 1. The molecular weight excluding hydrogens is 185 g/mol. The fraction of sp³-hybridized carbons (Fsp3) is 0.625. The van der Waals surface area contributed by atoms with Crippen molar-refractivity contribution in [2.24, 2.45) is 0 Å². The topological polar surface area (TPSA) is 26.3 Å². The monoisotopic (exact) mass is 196 g/mol. The summed E-state index contributed by atoms with van der Waals surface area (Å²) >= 11 is 0. The summed E-state index contributed by atoms with van der Waals surface area (Å²) in [6.07, 6.45) is -4.49. The summed E-state index contributed by atoms with van der Waals surface area (Å²) in [5.41, 5.74) is -0.0500. The lowest BCUT2D eigenvalue weighted by atomic mass is 10.2. The first-order valence-corrected chi connectivity index (χ1v) is 3.76. The third-order valence-electron chi connectivity index (χ3n) is 1.13. The standard InChI is InChI=1S/C8H11F3O2/c1-3-13-7(12)4-6(2)5-8(9,10)11/h4H,3,5H2,1-2H3/b6-4+. The molecule has 0 aromatic carbocycles. The zero-order valence-corrected chi connectivity index (χ0v) is 7.44. The molecule has 0 rings (SSSR count). The second-order valence-corrected chi connectivity index (χ2v) is 2.53. The van der Waals surface area contributed by atoms with Gasteiger partial charge >= 0.3 is 12.1 Å². The fourth-order valence-corrected chi connectivity index (χ4v) is 0.752. The van der Waals surface area contributed by atoms with E-state index in [9.17, 15) is 18.0 Å². The number of ether oxygens (including phenoxy) is 1. The lowest BCUT2D eigenvalue weighted by Crippen LogP contribution is -2.09. The van der Waals surface area contributed by atoms with Crippen molar-refractivity contribution in [2.45, 2.75) is 26.4 Å². The normalized spacial score (nSPS) is 12.8. The van der Waals surface area contributed by atoms with Crippen LogP contribution in [0, 0.1) is 0 Å². The minimum absolute atomic E-state index is 0.0500. The van der Waals surface area contributed by atoms with Crippen molar-refractivity contribution in [1.29, 1.82) is 0 Å². The van der Waals surface area contributed by atoms with Gasteiger partial charge in [0.15, 0.2) is 0 Å². The van der Waals surface area contributed by atoms with E-state index in [2.05, 4.69) is 4.74 Å². The Bertz CT molecular complexity index is 206. The van der Waals surface area contributed by atoms with E-state index in [1.807, 2.05) is 0 Å². The van der Waals surface area contributed by atoms with Crippen molar-refractivity contribution < 1.29 is 22.7 Å². The molecule has 0 unspecified atom stereocenters. The Labute approximate surface area is 74.4 Å². The minimum Gasteiger partial charge on any atom is -0.463 e. The average Bonchev–Trinajstić information content (AvgIpc) is 1.81. The summed E-state index contributed by atoms with van der Waals surface area (Å²) in [6.45, 7) is 2.99. The zero-order chi connectivity index (χ0) is 10.5. The summed E-state index contributed by atoms with van der Waals surface area (Å²) in [5.74, 6) is -0.732. The first-order chi connectivity index (χ1) is 5.85. The van der Waals surface area contributed by atoms with Gasteiger partial charge in [0.05, 0.1) is 13.0 Å². The molecule has 0 aliphatic heterocycles. The molecule has 0 fully saturated rings. The maximum absolute atomic E-state index is 11.7. The zero-order valence-electron chi connectivity index (χ0n) is 7.44. The van der Waals surface area contributed by atoms with Crippen LogP contribution in [0.25, 0.3) is 0 Å². The van der Waals surface area contributed by atoms with Gasteiger partial charge in [-0.15, -0.1) is 0 Å². The number of carbonyl (C=O) groups is 1. The predicted molar refractivity (Wildman–Crippen MR) is 41.1 cm³/mol. The van der Waals surface area contributed by atoms with E-state index in [0.29, 0.717) is 0 Å². The molecule has 0 radical (unpaired) electrons. The third kappa shape index (κ3) is 7.36. The Morgan fingerprint density at radius 3 is 2.38 bits per heavy atom. The van der Waals surface area contributed by atoms with Crippen molar-refractivity contribution in [3.63, 3.8) is 0 Å². The van der Waals surface area contributed by atoms with Crippen LogP contribution in [0.5, 0.6) is 0 Å². The molecule has 0 aliphatic carbocycles. The Hall–Kier alpha value is -1.00. The van der Waals surface area contributed by atoms with Gasteiger partial charge in [0.1, 0.15) is 0 Å². The lowest BCUT2D eigenvalue weighted by Gasteiger charge is -2.05. The van der Waals surface area contributed by atoms with Gasteiger partial charge in [-0.1, -0.05) is 5.57 Å². The number of hydrogen-bond donors (Lipinski definition) is 0. The van der Waals surface area contributed by atoms with Crippen LogP contribution in [0.2, 0.25) is 0 Å². The van der Waals surface area contributed by atoms with Gasteiger partial charge in [-0.25, -0.2) is 4.79 Å². The Kier molecular flexibility index (Phi) is 4.51. The lowest BCUT2D eigenvalue weighted by molar-refractivity contribution is -0.137. The summed E-state index contributed by atoms with van der Waals surface area (Å²) in [4.78, 5) is 10.7. The van der Waals surface area contributed by atoms with Crippen molar-refractivity contribution >= 4 is 5.97 Å². The van der Waals surface area contributed by atoms with Crippen LogP contribution in [-0.2, 0) is 9.53 Å². The number of rotatable bonds is 3. The molecule has 0 saturated carbocycles. The second-order valence-electron chi connectivity index (χ2n) is 2.53. The smallest absolute Gasteiger partial charge is 0.392 e. The van der Waals surface area contributed by atoms with E-state index in [-0.39, 0.29) is 12.2 Å². The van der Waals surface area contributed by atoms with E-state index < -0.39 is 18.6 Å². The predicted octanol–water partition coefficient (Wildman–Crippen LogP) is 2.45. The van der Waals surface area contributed by atoms with E-state index >= 15 is 0 Å². The highest BCUT2D eigenvalue weighted by atomic mass is 19.4. The second kappa shape index (κ2) is 4.89. The maximum atomic E-state index is 11.7. The fourth-order valence-electron chi connectivity index (χ4n) is 0.752. The van der Waals surface area contributed by atoms with Gasteiger partial charge in [0, 0.05) is 6.08 Å². The highest BCUT2D eigenvalue weighted by molar-refractivity contribution is 5.82. The molecule has 0 aromatic rings. The molecule has 0 aromatic heterocycles. The van der Waals surface area contributed by atoms with Gasteiger partial charge < -0.3 is 4.74 Å². The maximum Gasteiger partial charge on any atom is 0.392 e. The summed E-state index contributed by atoms with van der Waals surface area (Å²) < 4.78 is 39.7. The highest BCUT2D eigenvalue weighted by Gasteiger charge is 2.27.